The van der Waals surface area contributed by atoms with E-state index in [-0.39, 0.29) is 11.4 Å². The fraction of sp³-hybridized carbons (Fsp3) is 0.692. The molecule has 0 aromatic carbocycles. The van der Waals surface area contributed by atoms with Gasteiger partial charge in [0.25, 0.3) is 0 Å². The summed E-state index contributed by atoms with van der Waals surface area (Å²) < 4.78 is 0. The Labute approximate surface area is 114 Å². The Bertz CT molecular complexity index is 465. The lowest BCUT2D eigenvalue weighted by Crippen LogP contribution is -2.32. The molecular formula is C13H24N6. The van der Waals surface area contributed by atoms with Crippen LogP contribution in [-0.4, -0.2) is 36.1 Å². The molecule has 0 unspecified atom stereocenters. The van der Waals surface area contributed by atoms with Crippen LogP contribution in [0.1, 0.15) is 32.8 Å². The van der Waals surface area contributed by atoms with E-state index in [0.29, 0.717) is 11.9 Å². The van der Waals surface area contributed by atoms with Gasteiger partial charge in [-0.15, -0.1) is 0 Å². The zero-order valence-corrected chi connectivity index (χ0v) is 12.2. The van der Waals surface area contributed by atoms with Crippen LogP contribution in [0, 0.1) is 0 Å². The second-order valence-electron chi connectivity index (χ2n) is 6.14. The van der Waals surface area contributed by atoms with E-state index in [1.165, 1.54) is 0 Å². The zero-order valence-electron chi connectivity index (χ0n) is 12.2. The standard InChI is InChI=1S/C13H24N6/c1-13(2,3)9-10(14)17-12(15)18-11(9)19-6-5-8(7-19)16-4/h8,16H,5-7H2,1-4H3,(H4,14,15,17,18)/t8-/m0/s1. The van der Waals surface area contributed by atoms with Crippen LogP contribution >= 0.6 is 0 Å². The molecule has 5 N–H and O–H groups in total. The molecule has 6 nitrogen and oxygen atoms in total. The molecule has 0 aliphatic carbocycles. The van der Waals surface area contributed by atoms with Crippen LogP contribution in [-0.2, 0) is 5.41 Å². The molecule has 1 fully saturated rings. The number of nitrogen functional groups attached to an aromatic ring is 2. The average Bonchev–Trinajstić information content (AvgIpc) is 2.74. The number of nitrogens with one attached hydrogen (secondary N) is 1. The minimum absolute atomic E-state index is 0.106. The number of aromatic nitrogens is 2. The summed E-state index contributed by atoms with van der Waals surface area (Å²) in [5, 5.41) is 3.30. The highest BCUT2D eigenvalue weighted by atomic mass is 15.3. The first-order chi connectivity index (χ1) is 8.82. The Kier molecular flexibility index (Phi) is 3.54. The molecule has 19 heavy (non-hydrogen) atoms. The first-order valence-corrected chi connectivity index (χ1v) is 6.68. The summed E-state index contributed by atoms with van der Waals surface area (Å²) in [5.74, 6) is 1.62. The lowest BCUT2D eigenvalue weighted by Gasteiger charge is -2.28. The van der Waals surface area contributed by atoms with Crippen molar-refractivity contribution in [3.63, 3.8) is 0 Å². The normalized spacial score (nSPS) is 20.0. The molecule has 0 saturated carbocycles. The lowest BCUT2D eigenvalue weighted by atomic mass is 9.87. The fourth-order valence-corrected chi connectivity index (χ4v) is 2.62. The van der Waals surface area contributed by atoms with Crippen LogP contribution in [0.4, 0.5) is 17.6 Å². The quantitative estimate of drug-likeness (QED) is 0.729. The second kappa shape index (κ2) is 4.85. The van der Waals surface area contributed by atoms with E-state index < -0.39 is 0 Å². The van der Waals surface area contributed by atoms with Gasteiger partial charge >= 0.3 is 0 Å². The van der Waals surface area contributed by atoms with E-state index in [9.17, 15) is 0 Å². The SMILES string of the molecule is CN[C@H]1CCN(c2nc(N)nc(N)c2C(C)(C)C)C1. The van der Waals surface area contributed by atoms with Crippen LogP contribution in [0.2, 0.25) is 0 Å². The maximum absolute atomic E-state index is 6.07. The van der Waals surface area contributed by atoms with Gasteiger partial charge in [-0.3, -0.25) is 0 Å². The molecule has 1 aliphatic heterocycles. The van der Waals surface area contributed by atoms with Crippen molar-refractivity contribution in [3.8, 4) is 0 Å². The molecule has 2 heterocycles. The molecule has 0 spiro atoms. The molecule has 0 amide bonds. The third-order valence-electron chi connectivity index (χ3n) is 3.58. The Balaban J connectivity index is 2.44. The summed E-state index contributed by atoms with van der Waals surface area (Å²) in [4.78, 5) is 10.8. The highest BCUT2D eigenvalue weighted by Crippen LogP contribution is 2.36. The monoisotopic (exact) mass is 264 g/mol. The number of nitrogens with two attached hydrogens (primary N) is 2. The molecule has 6 heteroatoms. The predicted molar refractivity (Wildman–Crippen MR) is 79.2 cm³/mol. The smallest absolute Gasteiger partial charge is 0.223 e. The zero-order chi connectivity index (χ0) is 14.2. The largest absolute Gasteiger partial charge is 0.383 e. The summed E-state index contributed by atoms with van der Waals surface area (Å²) >= 11 is 0. The number of likely N-dealkylation sites (N-methyl/N-ethyl adjacent to an activating group) is 1. The first kappa shape index (κ1) is 13.9. The van der Waals surface area contributed by atoms with Crippen LogP contribution in [0.15, 0.2) is 0 Å². The molecule has 2 rings (SSSR count). The number of rotatable bonds is 2. The van der Waals surface area contributed by atoms with E-state index in [4.69, 9.17) is 11.5 Å². The van der Waals surface area contributed by atoms with Gasteiger partial charge in [0, 0.05) is 24.7 Å². The Morgan fingerprint density at radius 1 is 1.26 bits per heavy atom. The van der Waals surface area contributed by atoms with Gasteiger partial charge in [-0.05, 0) is 18.9 Å². The van der Waals surface area contributed by atoms with Gasteiger partial charge in [-0.25, -0.2) is 0 Å². The predicted octanol–water partition coefficient (Wildman–Crippen LogP) is 0.737. The van der Waals surface area contributed by atoms with Gasteiger partial charge in [0.05, 0.1) is 0 Å². The van der Waals surface area contributed by atoms with Gasteiger partial charge < -0.3 is 21.7 Å². The van der Waals surface area contributed by atoms with Gasteiger partial charge in [0.1, 0.15) is 11.6 Å². The summed E-state index contributed by atoms with van der Waals surface area (Å²) in [6.07, 6.45) is 1.10. The molecule has 0 radical (unpaired) electrons. The first-order valence-electron chi connectivity index (χ1n) is 6.68. The number of nitrogens with zero attached hydrogens (tertiary/aromatic N) is 3. The van der Waals surface area contributed by atoms with Gasteiger partial charge in [-0.2, -0.15) is 9.97 Å². The van der Waals surface area contributed by atoms with E-state index in [0.717, 1.165) is 30.9 Å². The maximum Gasteiger partial charge on any atom is 0.223 e. The minimum atomic E-state index is -0.106. The van der Waals surface area contributed by atoms with Crippen molar-refractivity contribution in [1.82, 2.24) is 15.3 Å². The van der Waals surface area contributed by atoms with Crippen molar-refractivity contribution in [1.29, 1.82) is 0 Å². The van der Waals surface area contributed by atoms with Crippen LogP contribution in [0.25, 0.3) is 0 Å². The third kappa shape index (κ3) is 2.73. The molecule has 0 bridgehead atoms. The van der Waals surface area contributed by atoms with Crippen molar-refractivity contribution >= 4 is 17.6 Å². The second-order valence-corrected chi connectivity index (χ2v) is 6.14. The highest BCUT2D eigenvalue weighted by molar-refractivity contribution is 5.63. The van der Waals surface area contributed by atoms with E-state index in [1.54, 1.807) is 0 Å². The molecule has 1 aromatic rings. The fourth-order valence-electron chi connectivity index (χ4n) is 2.62. The van der Waals surface area contributed by atoms with Crippen molar-refractivity contribution < 1.29 is 0 Å². The summed E-state index contributed by atoms with van der Waals surface area (Å²) in [6, 6.07) is 0.491. The van der Waals surface area contributed by atoms with Crippen LogP contribution in [0.3, 0.4) is 0 Å². The van der Waals surface area contributed by atoms with E-state index >= 15 is 0 Å². The van der Waals surface area contributed by atoms with E-state index in [2.05, 4.69) is 41.0 Å². The molecule has 106 valence electrons. The Morgan fingerprint density at radius 3 is 2.47 bits per heavy atom. The van der Waals surface area contributed by atoms with Crippen LogP contribution < -0.4 is 21.7 Å². The number of anilines is 3. The minimum Gasteiger partial charge on any atom is -0.383 e. The van der Waals surface area contributed by atoms with E-state index in [1.807, 2.05) is 7.05 Å². The van der Waals surface area contributed by atoms with Crippen molar-refractivity contribution in [3.05, 3.63) is 5.56 Å². The number of hydrogen-bond acceptors (Lipinski definition) is 6. The summed E-state index contributed by atoms with van der Waals surface area (Å²) in [7, 11) is 1.99. The summed E-state index contributed by atoms with van der Waals surface area (Å²) in [5.41, 5.74) is 12.7. The molecule has 1 saturated heterocycles. The molecule has 1 atom stereocenters. The van der Waals surface area contributed by atoms with Crippen molar-refractivity contribution in [2.45, 2.75) is 38.6 Å². The van der Waals surface area contributed by atoms with Gasteiger partial charge in [0.15, 0.2) is 0 Å². The molecule has 1 aliphatic rings. The number of hydrogen-bond donors (Lipinski definition) is 3. The molecule has 1 aromatic heterocycles. The van der Waals surface area contributed by atoms with Gasteiger partial charge in [0.2, 0.25) is 5.95 Å². The van der Waals surface area contributed by atoms with Crippen molar-refractivity contribution in [2.75, 3.05) is 36.5 Å². The highest BCUT2D eigenvalue weighted by Gasteiger charge is 2.30. The summed E-state index contributed by atoms with van der Waals surface area (Å²) in [6.45, 7) is 8.24. The molecular weight excluding hydrogens is 240 g/mol. The van der Waals surface area contributed by atoms with Crippen LogP contribution in [0.5, 0.6) is 0 Å². The van der Waals surface area contributed by atoms with Gasteiger partial charge in [-0.1, -0.05) is 20.8 Å². The topological polar surface area (TPSA) is 93.1 Å². The Morgan fingerprint density at radius 2 is 1.95 bits per heavy atom. The third-order valence-corrected chi connectivity index (χ3v) is 3.58. The lowest BCUT2D eigenvalue weighted by molar-refractivity contribution is 0.583. The average molecular weight is 264 g/mol. The van der Waals surface area contributed by atoms with Crippen molar-refractivity contribution in [2.24, 2.45) is 0 Å². The maximum atomic E-state index is 6.07. The Hall–Kier alpha value is -1.56.